The maximum atomic E-state index is 5.44. The van der Waals surface area contributed by atoms with E-state index in [1.807, 2.05) is 0 Å². The van der Waals surface area contributed by atoms with Crippen molar-refractivity contribution in [2.24, 2.45) is 11.8 Å². The number of methoxy groups -OCH3 is 1. The van der Waals surface area contributed by atoms with Crippen LogP contribution in [-0.4, -0.2) is 13.2 Å². The summed E-state index contributed by atoms with van der Waals surface area (Å²) in [5.74, 6) is 2.95. The fourth-order valence-electron chi connectivity index (χ4n) is 3.78. The summed E-state index contributed by atoms with van der Waals surface area (Å²) in [5, 5.41) is 3.75. The molecule has 3 unspecified atom stereocenters. The molecular formula is C16H23NO. The molecule has 2 saturated carbocycles. The summed E-state index contributed by atoms with van der Waals surface area (Å²) >= 11 is 0. The molecule has 0 heterocycles. The van der Waals surface area contributed by atoms with Gasteiger partial charge in [0.15, 0.2) is 0 Å². The van der Waals surface area contributed by atoms with E-state index in [1.165, 1.54) is 36.8 Å². The van der Waals surface area contributed by atoms with Crippen LogP contribution in [0.15, 0.2) is 18.2 Å². The Morgan fingerprint density at radius 1 is 1.28 bits per heavy atom. The number of rotatable bonds is 4. The Morgan fingerprint density at radius 2 is 2.17 bits per heavy atom. The SMILES string of the molecule is COc1ccc(C)cc1CNC1CC2CCC1C2. The molecule has 0 spiro atoms. The van der Waals surface area contributed by atoms with Gasteiger partial charge in [0, 0.05) is 18.2 Å². The number of fused-ring (bicyclic) bond motifs is 2. The molecule has 3 rings (SSSR count). The zero-order valence-corrected chi connectivity index (χ0v) is 11.4. The summed E-state index contributed by atoms with van der Waals surface area (Å²) < 4.78 is 5.44. The molecule has 98 valence electrons. The van der Waals surface area contributed by atoms with Crippen LogP contribution in [0.1, 0.15) is 36.8 Å². The van der Waals surface area contributed by atoms with E-state index in [9.17, 15) is 0 Å². The number of hydrogen-bond donors (Lipinski definition) is 1. The van der Waals surface area contributed by atoms with Crippen LogP contribution in [0.25, 0.3) is 0 Å². The fraction of sp³-hybridized carbons (Fsp3) is 0.625. The first-order chi connectivity index (χ1) is 8.76. The van der Waals surface area contributed by atoms with Gasteiger partial charge in [-0.15, -0.1) is 0 Å². The quantitative estimate of drug-likeness (QED) is 0.879. The van der Waals surface area contributed by atoms with Gasteiger partial charge in [-0.05, 0) is 44.1 Å². The third kappa shape index (κ3) is 2.26. The van der Waals surface area contributed by atoms with Crippen molar-refractivity contribution < 1.29 is 4.74 Å². The molecule has 1 aromatic rings. The van der Waals surface area contributed by atoms with Crippen molar-refractivity contribution in [3.05, 3.63) is 29.3 Å². The molecule has 1 aromatic carbocycles. The number of benzene rings is 1. The van der Waals surface area contributed by atoms with Gasteiger partial charge in [-0.2, -0.15) is 0 Å². The molecule has 2 aliphatic rings. The minimum absolute atomic E-state index is 0.744. The molecule has 3 atom stereocenters. The number of nitrogens with one attached hydrogen (secondary N) is 1. The Morgan fingerprint density at radius 3 is 2.83 bits per heavy atom. The molecule has 0 radical (unpaired) electrons. The van der Waals surface area contributed by atoms with Crippen molar-refractivity contribution in [3.8, 4) is 5.75 Å². The predicted molar refractivity (Wildman–Crippen MR) is 73.8 cm³/mol. The molecule has 1 N–H and O–H groups in total. The Bertz CT molecular complexity index is 429. The summed E-state index contributed by atoms with van der Waals surface area (Å²) in [6.07, 6.45) is 5.76. The minimum Gasteiger partial charge on any atom is -0.496 e. The van der Waals surface area contributed by atoms with Gasteiger partial charge in [-0.3, -0.25) is 0 Å². The van der Waals surface area contributed by atoms with Crippen molar-refractivity contribution >= 4 is 0 Å². The van der Waals surface area contributed by atoms with Gasteiger partial charge in [0.2, 0.25) is 0 Å². The van der Waals surface area contributed by atoms with E-state index in [1.54, 1.807) is 7.11 Å². The molecule has 0 aromatic heterocycles. The van der Waals surface area contributed by atoms with Gasteiger partial charge >= 0.3 is 0 Å². The highest BCUT2D eigenvalue weighted by Crippen LogP contribution is 2.44. The second-order valence-corrected chi connectivity index (χ2v) is 5.98. The van der Waals surface area contributed by atoms with Crippen LogP contribution in [0, 0.1) is 18.8 Å². The first-order valence-corrected chi connectivity index (χ1v) is 7.13. The lowest BCUT2D eigenvalue weighted by atomic mass is 9.95. The summed E-state index contributed by atoms with van der Waals surface area (Å²) in [7, 11) is 1.76. The van der Waals surface area contributed by atoms with Crippen molar-refractivity contribution in [2.75, 3.05) is 7.11 Å². The minimum atomic E-state index is 0.744. The highest BCUT2D eigenvalue weighted by molar-refractivity contribution is 5.36. The Hall–Kier alpha value is -1.02. The van der Waals surface area contributed by atoms with Gasteiger partial charge in [-0.25, -0.2) is 0 Å². The lowest BCUT2D eigenvalue weighted by Gasteiger charge is -2.23. The van der Waals surface area contributed by atoms with Gasteiger partial charge < -0.3 is 10.1 Å². The van der Waals surface area contributed by atoms with E-state index in [0.29, 0.717) is 0 Å². The Balaban J connectivity index is 1.64. The highest BCUT2D eigenvalue weighted by Gasteiger charge is 2.38. The van der Waals surface area contributed by atoms with Crippen molar-refractivity contribution in [3.63, 3.8) is 0 Å². The molecule has 2 heteroatoms. The topological polar surface area (TPSA) is 21.3 Å². The largest absolute Gasteiger partial charge is 0.496 e. The summed E-state index contributed by atoms with van der Waals surface area (Å²) in [4.78, 5) is 0. The molecular weight excluding hydrogens is 222 g/mol. The van der Waals surface area contributed by atoms with Gasteiger partial charge in [0.25, 0.3) is 0 Å². The molecule has 0 amide bonds. The molecule has 2 bridgehead atoms. The second-order valence-electron chi connectivity index (χ2n) is 5.98. The monoisotopic (exact) mass is 245 g/mol. The van der Waals surface area contributed by atoms with Crippen LogP contribution < -0.4 is 10.1 Å². The van der Waals surface area contributed by atoms with Gasteiger partial charge in [-0.1, -0.05) is 24.1 Å². The van der Waals surface area contributed by atoms with E-state index in [2.05, 4.69) is 30.4 Å². The van der Waals surface area contributed by atoms with Crippen LogP contribution in [0.5, 0.6) is 5.75 Å². The van der Waals surface area contributed by atoms with Crippen molar-refractivity contribution in [1.82, 2.24) is 5.32 Å². The van der Waals surface area contributed by atoms with Gasteiger partial charge in [0.05, 0.1) is 7.11 Å². The number of aryl methyl sites for hydroxylation is 1. The zero-order valence-electron chi connectivity index (χ0n) is 11.4. The molecule has 2 aliphatic carbocycles. The van der Waals surface area contributed by atoms with Crippen LogP contribution in [0.2, 0.25) is 0 Å². The standard InChI is InChI=1S/C16H23NO/c1-11-3-6-16(18-2)14(7-11)10-17-15-9-12-4-5-13(15)8-12/h3,6-7,12-13,15,17H,4-5,8-10H2,1-2H3. The predicted octanol–water partition coefficient (Wildman–Crippen LogP) is 3.28. The van der Waals surface area contributed by atoms with Crippen LogP contribution in [0.3, 0.4) is 0 Å². The lowest BCUT2D eigenvalue weighted by Crippen LogP contribution is -2.33. The Labute approximate surface area is 110 Å². The molecule has 2 nitrogen and oxygen atoms in total. The first kappa shape index (κ1) is 12.0. The summed E-state index contributed by atoms with van der Waals surface area (Å²) in [6.45, 7) is 3.08. The molecule has 2 fully saturated rings. The van der Waals surface area contributed by atoms with Crippen molar-refractivity contribution in [1.29, 1.82) is 0 Å². The third-order valence-electron chi connectivity index (χ3n) is 4.73. The van der Waals surface area contributed by atoms with E-state index in [4.69, 9.17) is 4.74 Å². The maximum absolute atomic E-state index is 5.44. The fourth-order valence-corrected chi connectivity index (χ4v) is 3.78. The van der Waals surface area contributed by atoms with Crippen molar-refractivity contribution in [2.45, 2.75) is 45.2 Å². The second kappa shape index (κ2) is 4.93. The normalized spacial score (nSPS) is 29.8. The maximum Gasteiger partial charge on any atom is 0.123 e. The number of hydrogen-bond acceptors (Lipinski definition) is 2. The van der Waals surface area contributed by atoms with Crippen LogP contribution in [-0.2, 0) is 6.54 Å². The highest BCUT2D eigenvalue weighted by atomic mass is 16.5. The van der Waals surface area contributed by atoms with Gasteiger partial charge in [0.1, 0.15) is 5.75 Å². The Kier molecular flexibility index (Phi) is 3.29. The lowest BCUT2D eigenvalue weighted by molar-refractivity contribution is 0.346. The van der Waals surface area contributed by atoms with Crippen LogP contribution in [0.4, 0.5) is 0 Å². The molecule has 0 aliphatic heterocycles. The summed E-state index contributed by atoms with van der Waals surface area (Å²) in [6, 6.07) is 7.17. The zero-order chi connectivity index (χ0) is 12.5. The van der Waals surface area contributed by atoms with E-state index < -0.39 is 0 Å². The van der Waals surface area contributed by atoms with E-state index in [-0.39, 0.29) is 0 Å². The van der Waals surface area contributed by atoms with Crippen LogP contribution >= 0.6 is 0 Å². The average molecular weight is 245 g/mol. The average Bonchev–Trinajstić information content (AvgIpc) is 2.98. The van der Waals surface area contributed by atoms with E-state index in [0.717, 1.165) is 30.2 Å². The smallest absolute Gasteiger partial charge is 0.123 e. The molecule has 18 heavy (non-hydrogen) atoms. The first-order valence-electron chi connectivity index (χ1n) is 7.13. The third-order valence-corrected chi connectivity index (χ3v) is 4.73. The summed E-state index contributed by atoms with van der Waals surface area (Å²) in [5.41, 5.74) is 2.60. The van der Waals surface area contributed by atoms with E-state index >= 15 is 0 Å². The molecule has 0 saturated heterocycles. The number of ether oxygens (including phenoxy) is 1.